The summed E-state index contributed by atoms with van der Waals surface area (Å²) in [5.74, 6) is 1.44. The highest BCUT2D eigenvalue weighted by atomic mass is 79.9. The molecule has 2 N–H and O–H groups in total. The van der Waals surface area contributed by atoms with E-state index in [-0.39, 0.29) is 5.91 Å². The number of carbonyl (C=O) groups excluding carboxylic acids is 1. The maximum absolute atomic E-state index is 12.3. The molecule has 0 spiro atoms. The van der Waals surface area contributed by atoms with Crippen LogP contribution in [-0.2, 0) is 4.79 Å². The maximum atomic E-state index is 12.3. The predicted octanol–water partition coefficient (Wildman–Crippen LogP) is 5.08. The molecule has 1 atom stereocenters. The lowest BCUT2D eigenvalue weighted by atomic mass is 9.93. The first kappa shape index (κ1) is 17.8. The van der Waals surface area contributed by atoms with E-state index in [1.807, 2.05) is 12.4 Å². The molecule has 26 heavy (non-hydrogen) atoms. The molecule has 6 heteroatoms. The van der Waals surface area contributed by atoms with E-state index in [9.17, 15) is 4.79 Å². The minimum absolute atomic E-state index is 0.113. The van der Waals surface area contributed by atoms with Crippen LogP contribution in [-0.4, -0.2) is 29.0 Å². The highest BCUT2D eigenvalue weighted by molar-refractivity contribution is 9.10. The van der Waals surface area contributed by atoms with Crippen molar-refractivity contribution in [2.45, 2.75) is 51.9 Å². The molecule has 1 aliphatic heterocycles. The van der Waals surface area contributed by atoms with Gasteiger partial charge in [-0.15, -0.1) is 0 Å². The van der Waals surface area contributed by atoms with Gasteiger partial charge >= 0.3 is 0 Å². The van der Waals surface area contributed by atoms with Gasteiger partial charge in [-0.2, -0.15) is 0 Å². The average molecular weight is 419 g/mol. The summed E-state index contributed by atoms with van der Waals surface area (Å²) >= 11 is 3.72. The number of halogens is 1. The number of anilines is 2. The van der Waals surface area contributed by atoms with E-state index >= 15 is 0 Å². The van der Waals surface area contributed by atoms with Crippen molar-refractivity contribution in [2.24, 2.45) is 11.8 Å². The summed E-state index contributed by atoms with van der Waals surface area (Å²) in [5.41, 5.74) is 2.85. The Morgan fingerprint density at radius 3 is 3.00 bits per heavy atom. The Kier molecular flexibility index (Phi) is 5.20. The van der Waals surface area contributed by atoms with Crippen LogP contribution >= 0.6 is 15.9 Å². The Bertz CT molecular complexity index is 796. The molecule has 2 fully saturated rings. The van der Waals surface area contributed by atoms with Crippen LogP contribution in [0, 0.1) is 11.8 Å². The van der Waals surface area contributed by atoms with Crippen LogP contribution in [0.3, 0.4) is 0 Å². The second kappa shape index (κ2) is 7.59. The van der Waals surface area contributed by atoms with Crippen molar-refractivity contribution in [1.82, 2.24) is 9.97 Å². The van der Waals surface area contributed by atoms with Gasteiger partial charge in [-0.3, -0.25) is 4.79 Å². The monoisotopic (exact) mass is 418 g/mol. The summed E-state index contributed by atoms with van der Waals surface area (Å²) in [6.45, 7) is 4.39. The first-order valence-electron chi connectivity index (χ1n) is 9.86. The van der Waals surface area contributed by atoms with Gasteiger partial charge in [-0.25, -0.2) is 4.98 Å². The number of amides is 1. The average Bonchev–Trinajstić information content (AvgIpc) is 3.35. The molecule has 0 bridgehead atoms. The standard InChI is InChI=1S/C20H27BrN4O/c1-2-4-14-5-3-8-25(12-14)19-15(21)10-22-20-18(19)16(11-23-20)24-17(26)9-13-6-7-13/h10-11,13-14H,2-9,12H2,1H3,(H,22,23)(H,24,26)/t14-/m1/s1. The van der Waals surface area contributed by atoms with Crippen LogP contribution in [0.25, 0.3) is 11.0 Å². The smallest absolute Gasteiger partial charge is 0.224 e. The summed E-state index contributed by atoms with van der Waals surface area (Å²) in [6, 6.07) is 0. The number of hydrogen-bond acceptors (Lipinski definition) is 3. The van der Waals surface area contributed by atoms with Crippen LogP contribution in [0.15, 0.2) is 16.9 Å². The van der Waals surface area contributed by atoms with Crippen molar-refractivity contribution < 1.29 is 4.79 Å². The van der Waals surface area contributed by atoms with Crippen LogP contribution in [0.1, 0.15) is 51.9 Å². The van der Waals surface area contributed by atoms with Crippen molar-refractivity contribution in [2.75, 3.05) is 23.3 Å². The fourth-order valence-electron chi connectivity index (χ4n) is 4.16. The van der Waals surface area contributed by atoms with Crippen LogP contribution < -0.4 is 10.2 Å². The number of carbonyl (C=O) groups is 1. The quantitative estimate of drug-likeness (QED) is 0.687. The zero-order valence-corrected chi connectivity index (χ0v) is 16.9. The molecule has 5 nitrogen and oxygen atoms in total. The van der Waals surface area contributed by atoms with Crippen LogP contribution in [0.2, 0.25) is 0 Å². The van der Waals surface area contributed by atoms with Gasteiger partial charge in [0.1, 0.15) is 5.65 Å². The van der Waals surface area contributed by atoms with Crippen molar-refractivity contribution >= 4 is 44.2 Å². The lowest BCUT2D eigenvalue weighted by Crippen LogP contribution is -2.35. The molecule has 1 amide bonds. The van der Waals surface area contributed by atoms with E-state index in [0.29, 0.717) is 12.3 Å². The number of nitrogens with one attached hydrogen (secondary N) is 2. The fourth-order valence-corrected chi connectivity index (χ4v) is 4.71. The normalized spacial score (nSPS) is 20.5. The Morgan fingerprint density at radius 2 is 2.23 bits per heavy atom. The van der Waals surface area contributed by atoms with Gasteiger partial charge in [-0.1, -0.05) is 13.3 Å². The Hall–Kier alpha value is -1.56. The van der Waals surface area contributed by atoms with E-state index < -0.39 is 0 Å². The number of piperidine rings is 1. The molecule has 0 aromatic carbocycles. The largest absolute Gasteiger partial charge is 0.370 e. The molecule has 2 aromatic heterocycles. The number of aromatic amines is 1. The highest BCUT2D eigenvalue weighted by Gasteiger charge is 2.27. The summed E-state index contributed by atoms with van der Waals surface area (Å²) in [7, 11) is 0. The zero-order chi connectivity index (χ0) is 18.1. The Labute approximate surface area is 163 Å². The summed E-state index contributed by atoms with van der Waals surface area (Å²) in [5, 5.41) is 4.15. The minimum atomic E-state index is 0.113. The summed E-state index contributed by atoms with van der Waals surface area (Å²) in [4.78, 5) is 22.6. The zero-order valence-electron chi connectivity index (χ0n) is 15.4. The molecule has 1 saturated heterocycles. The third kappa shape index (κ3) is 3.75. The maximum Gasteiger partial charge on any atom is 0.224 e. The number of hydrogen-bond donors (Lipinski definition) is 2. The molecular weight excluding hydrogens is 392 g/mol. The van der Waals surface area contributed by atoms with E-state index in [0.717, 1.165) is 40.2 Å². The van der Waals surface area contributed by atoms with Crippen molar-refractivity contribution in [3.05, 3.63) is 16.9 Å². The van der Waals surface area contributed by atoms with Gasteiger partial charge in [0.15, 0.2) is 0 Å². The van der Waals surface area contributed by atoms with Gasteiger partial charge in [0, 0.05) is 31.9 Å². The summed E-state index contributed by atoms with van der Waals surface area (Å²) < 4.78 is 0.999. The first-order chi connectivity index (χ1) is 12.7. The molecule has 1 aliphatic carbocycles. The molecule has 4 rings (SSSR count). The lowest BCUT2D eigenvalue weighted by Gasteiger charge is -2.35. The van der Waals surface area contributed by atoms with Crippen LogP contribution in [0.4, 0.5) is 11.4 Å². The van der Waals surface area contributed by atoms with Gasteiger partial charge in [0.2, 0.25) is 5.91 Å². The van der Waals surface area contributed by atoms with Gasteiger partial charge in [0.25, 0.3) is 0 Å². The van der Waals surface area contributed by atoms with E-state index in [2.05, 4.69) is 43.0 Å². The Morgan fingerprint density at radius 1 is 1.38 bits per heavy atom. The topological polar surface area (TPSA) is 61.0 Å². The molecule has 0 radical (unpaired) electrons. The molecule has 0 unspecified atom stereocenters. The number of pyridine rings is 1. The van der Waals surface area contributed by atoms with E-state index in [4.69, 9.17) is 0 Å². The molecule has 1 saturated carbocycles. The van der Waals surface area contributed by atoms with Gasteiger partial charge in [-0.05, 0) is 59.9 Å². The minimum Gasteiger partial charge on any atom is -0.370 e. The van der Waals surface area contributed by atoms with E-state index in [1.54, 1.807) is 0 Å². The molecule has 140 valence electrons. The van der Waals surface area contributed by atoms with Crippen LogP contribution in [0.5, 0.6) is 0 Å². The SMILES string of the molecule is CCC[C@@H]1CCCN(c2c(Br)cnc3[nH]cc(NC(=O)CC4CC4)c23)C1. The number of H-pyrrole nitrogens is 1. The Balaban J connectivity index is 1.65. The number of rotatable bonds is 6. The lowest BCUT2D eigenvalue weighted by molar-refractivity contribution is -0.116. The second-order valence-electron chi connectivity index (χ2n) is 7.82. The number of fused-ring (bicyclic) bond motifs is 1. The summed E-state index contributed by atoms with van der Waals surface area (Å²) in [6.07, 6.45) is 11.8. The van der Waals surface area contributed by atoms with Gasteiger partial charge < -0.3 is 15.2 Å². The predicted molar refractivity (Wildman–Crippen MR) is 110 cm³/mol. The first-order valence-corrected chi connectivity index (χ1v) is 10.7. The molecule has 3 heterocycles. The highest BCUT2D eigenvalue weighted by Crippen LogP contribution is 2.40. The van der Waals surface area contributed by atoms with Gasteiger partial charge in [0.05, 0.1) is 21.2 Å². The second-order valence-corrected chi connectivity index (χ2v) is 8.67. The van der Waals surface area contributed by atoms with Crippen molar-refractivity contribution in [3.8, 4) is 0 Å². The van der Waals surface area contributed by atoms with E-state index in [1.165, 1.54) is 44.2 Å². The molecule has 2 aliphatic rings. The number of aromatic nitrogens is 2. The molecular formula is C20H27BrN4O. The molecule has 2 aromatic rings. The van der Waals surface area contributed by atoms with Crippen molar-refractivity contribution in [1.29, 1.82) is 0 Å². The van der Waals surface area contributed by atoms with Crippen molar-refractivity contribution in [3.63, 3.8) is 0 Å². The number of nitrogens with zero attached hydrogens (tertiary/aromatic N) is 2. The third-order valence-corrected chi connectivity index (χ3v) is 6.19. The third-order valence-electron chi connectivity index (χ3n) is 5.61. The fraction of sp³-hybridized carbons (Fsp3) is 0.600.